The quantitative estimate of drug-likeness (QED) is 0.426. The molecule has 0 aliphatic rings. The summed E-state index contributed by atoms with van der Waals surface area (Å²) in [7, 11) is 0. The van der Waals surface area contributed by atoms with Crippen LogP contribution in [0.5, 0.6) is 0 Å². The fourth-order valence-electron chi connectivity index (χ4n) is 4.09. The number of fused-ring (bicyclic) bond motifs is 3. The Morgan fingerprint density at radius 2 is 1.46 bits per heavy atom. The van der Waals surface area contributed by atoms with E-state index in [1.165, 1.54) is 31.3 Å². The Bertz CT molecular complexity index is 1050. The van der Waals surface area contributed by atoms with Gasteiger partial charge < -0.3 is 10.0 Å². The van der Waals surface area contributed by atoms with Crippen molar-refractivity contribution in [2.24, 2.45) is 0 Å². The molecule has 0 fully saturated rings. The Kier molecular flexibility index (Phi) is 5.77. The molecule has 0 amide bonds. The molecular weight excluding hydrogens is 362 g/mol. The number of aliphatic hydroxyl groups excluding tert-OH is 1. The monoisotopic (exact) mass is 389 g/mol. The van der Waals surface area contributed by atoms with Crippen molar-refractivity contribution in [1.82, 2.24) is 4.90 Å². The van der Waals surface area contributed by atoms with Gasteiger partial charge in [0.15, 0.2) is 0 Å². The first-order valence-electron chi connectivity index (χ1n) is 10.1. The van der Waals surface area contributed by atoms with Crippen LogP contribution in [0.3, 0.4) is 0 Å². The molecule has 1 aromatic heterocycles. The van der Waals surface area contributed by atoms with Crippen LogP contribution in [-0.4, -0.2) is 35.7 Å². The minimum Gasteiger partial charge on any atom is -0.391 e. The van der Waals surface area contributed by atoms with Gasteiger partial charge in [0.25, 0.3) is 0 Å². The zero-order valence-corrected chi connectivity index (χ0v) is 17.3. The third-order valence-corrected chi connectivity index (χ3v) is 6.79. The summed E-state index contributed by atoms with van der Waals surface area (Å²) in [4.78, 5) is 2.29. The maximum atomic E-state index is 11.2. The highest BCUT2D eigenvalue weighted by Crippen LogP contribution is 2.37. The lowest BCUT2D eigenvalue weighted by Gasteiger charge is -2.29. The minimum atomic E-state index is -0.454. The Labute approximate surface area is 171 Å². The van der Waals surface area contributed by atoms with Crippen molar-refractivity contribution in [3.05, 3.63) is 83.9 Å². The van der Waals surface area contributed by atoms with Crippen LogP contribution in [-0.2, 0) is 0 Å². The molecule has 0 spiro atoms. The Morgan fingerprint density at radius 1 is 0.786 bits per heavy atom. The van der Waals surface area contributed by atoms with Crippen LogP contribution >= 0.6 is 11.3 Å². The number of aliphatic hydroxyl groups is 1. The highest BCUT2D eigenvalue weighted by molar-refractivity contribution is 7.25. The van der Waals surface area contributed by atoms with E-state index in [9.17, 15) is 5.11 Å². The van der Waals surface area contributed by atoms with Gasteiger partial charge in [0, 0.05) is 32.6 Å². The number of rotatable bonds is 7. The first kappa shape index (κ1) is 19.1. The van der Waals surface area contributed by atoms with E-state index >= 15 is 0 Å². The summed E-state index contributed by atoms with van der Waals surface area (Å²) in [5.41, 5.74) is 2.35. The van der Waals surface area contributed by atoms with Gasteiger partial charge in [-0.15, -0.1) is 11.3 Å². The highest BCUT2D eigenvalue weighted by Gasteiger charge is 2.25. The predicted molar refractivity (Wildman–Crippen MR) is 121 cm³/mol. The Balaban J connectivity index is 1.80. The van der Waals surface area contributed by atoms with Crippen LogP contribution in [0.2, 0.25) is 0 Å². The molecule has 3 aromatic carbocycles. The third-order valence-electron chi connectivity index (χ3n) is 5.64. The molecule has 3 heteroatoms. The summed E-state index contributed by atoms with van der Waals surface area (Å²) in [5, 5.41) is 13.8. The standard InChI is InChI=1S/C25H27NOS/c1-3-26(4-2)17-22(27)25(18-10-6-5-7-11-18)19-14-15-24-21(16-19)20-12-8-9-13-23(20)28-24/h5-16,22,25,27H,3-4,17H2,1-2H3. The summed E-state index contributed by atoms with van der Waals surface area (Å²) >= 11 is 1.83. The van der Waals surface area contributed by atoms with Gasteiger partial charge in [0.2, 0.25) is 0 Å². The summed E-state index contributed by atoms with van der Waals surface area (Å²) in [6.07, 6.45) is -0.454. The lowest BCUT2D eigenvalue weighted by atomic mass is 9.85. The van der Waals surface area contributed by atoms with Crippen molar-refractivity contribution in [2.75, 3.05) is 19.6 Å². The number of hydrogen-bond donors (Lipinski definition) is 1. The molecule has 28 heavy (non-hydrogen) atoms. The van der Waals surface area contributed by atoms with Crippen LogP contribution in [0.25, 0.3) is 20.2 Å². The van der Waals surface area contributed by atoms with Crippen molar-refractivity contribution < 1.29 is 5.11 Å². The van der Waals surface area contributed by atoms with Gasteiger partial charge in [0.1, 0.15) is 0 Å². The fourth-order valence-corrected chi connectivity index (χ4v) is 5.17. The van der Waals surface area contributed by atoms with E-state index in [-0.39, 0.29) is 5.92 Å². The van der Waals surface area contributed by atoms with Gasteiger partial charge in [-0.1, -0.05) is 68.4 Å². The van der Waals surface area contributed by atoms with E-state index in [1.54, 1.807) is 0 Å². The average Bonchev–Trinajstić information content (AvgIpc) is 3.11. The molecule has 1 N–H and O–H groups in total. The zero-order chi connectivity index (χ0) is 19.5. The molecule has 0 aliphatic heterocycles. The first-order chi connectivity index (χ1) is 13.7. The molecular formula is C25H27NOS. The van der Waals surface area contributed by atoms with Crippen molar-refractivity contribution >= 4 is 31.5 Å². The molecule has 0 radical (unpaired) electrons. The molecule has 2 atom stereocenters. The number of nitrogens with zero attached hydrogens (tertiary/aromatic N) is 1. The maximum Gasteiger partial charge on any atom is 0.0776 e. The van der Waals surface area contributed by atoms with Gasteiger partial charge in [0.05, 0.1) is 6.10 Å². The second-order valence-electron chi connectivity index (χ2n) is 7.30. The van der Waals surface area contributed by atoms with Gasteiger partial charge in [-0.25, -0.2) is 0 Å². The van der Waals surface area contributed by atoms with Crippen LogP contribution in [0, 0.1) is 0 Å². The second kappa shape index (κ2) is 8.44. The second-order valence-corrected chi connectivity index (χ2v) is 8.38. The molecule has 0 saturated carbocycles. The van der Waals surface area contributed by atoms with Crippen molar-refractivity contribution in [3.63, 3.8) is 0 Å². The smallest absolute Gasteiger partial charge is 0.0776 e. The number of likely N-dealkylation sites (N-methyl/N-ethyl adjacent to an activating group) is 1. The van der Waals surface area contributed by atoms with Crippen LogP contribution in [0.4, 0.5) is 0 Å². The van der Waals surface area contributed by atoms with Crippen LogP contribution in [0.15, 0.2) is 72.8 Å². The van der Waals surface area contributed by atoms with Crippen molar-refractivity contribution in [2.45, 2.75) is 25.9 Å². The molecule has 2 nitrogen and oxygen atoms in total. The number of thiophene rings is 1. The van der Waals surface area contributed by atoms with E-state index in [4.69, 9.17) is 0 Å². The molecule has 0 saturated heterocycles. The summed E-state index contributed by atoms with van der Waals surface area (Å²) in [5.74, 6) is -0.0372. The number of hydrogen-bond acceptors (Lipinski definition) is 3. The van der Waals surface area contributed by atoms with Gasteiger partial charge >= 0.3 is 0 Å². The average molecular weight is 390 g/mol. The number of benzene rings is 3. The fraction of sp³-hybridized carbons (Fsp3) is 0.280. The van der Waals surface area contributed by atoms with Gasteiger partial charge in [-0.2, -0.15) is 0 Å². The summed E-state index contributed by atoms with van der Waals surface area (Å²) in [6.45, 7) is 6.87. The molecule has 4 rings (SSSR count). The molecule has 144 valence electrons. The summed E-state index contributed by atoms with van der Waals surface area (Å²) in [6, 6.07) is 25.7. The molecule has 1 heterocycles. The van der Waals surface area contributed by atoms with Crippen molar-refractivity contribution in [3.8, 4) is 0 Å². The molecule has 4 aromatic rings. The SMILES string of the molecule is CCN(CC)CC(O)C(c1ccccc1)c1ccc2sc3ccccc3c2c1. The highest BCUT2D eigenvalue weighted by atomic mass is 32.1. The lowest BCUT2D eigenvalue weighted by Crippen LogP contribution is -2.36. The van der Waals surface area contributed by atoms with E-state index < -0.39 is 6.10 Å². The van der Waals surface area contributed by atoms with E-state index in [2.05, 4.69) is 85.5 Å². The van der Waals surface area contributed by atoms with E-state index in [1.807, 2.05) is 17.4 Å². The predicted octanol–water partition coefficient (Wildman–Crippen LogP) is 5.89. The minimum absolute atomic E-state index is 0.0372. The molecule has 0 bridgehead atoms. The normalized spacial score (nSPS) is 14.0. The maximum absolute atomic E-state index is 11.2. The zero-order valence-electron chi connectivity index (χ0n) is 16.5. The largest absolute Gasteiger partial charge is 0.391 e. The van der Waals surface area contributed by atoms with Crippen LogP contribution < -0.4 is 0 Å². The molecule has 2 unspecified atom stereocenters. The molecule has 0 aliphatic carbocycles. The van der Waals surface area contributed by atoms with Gasteiger partial charge in [-0.3, -0.25) is 0 Å². The lowest BCUT2D eigenvalue weighted by molar-refractivity contribution is 0.104. The van der Waals surface area contributed by atoms with E-state index in [0.29, 0.717) is 6.54 Å². The van der Waals surface area contributed by atoms with Crippen molar-refractivity contribution in [1.29, 1.82) is 0 Å². The third kappa shape index (κ3) is 3.70. The van der Waals surface area contributed by atoms with Crippen LogP contribution in [0.1, 0.15) is 30.9 Å². The summed E-state index contributed by atoms with van der Waals surface area (Å²) < 4.78 is 2.62. The van der Waals surface area contributed by atoms with Gasteiger partial charge in [-0.05, 0) is 42.4 Å². The first-order valence-corrected chi connectivity index (χ1v) is 10.9. The van der Waals surface area contributed by atoms with E-state index in [0.717, 1.165) is 13.1 Å². The Hall–Kier alpha value is -2.20. The Morgan fingerprint density at radius 3 is 2.21 bits per heavy atom. The topological polar surface area (TPSA) is 23.5 Å².